The minimum atomic E-state index is -0.780. The summed E-state index contributed by atoms with van der Waals surface area (Å²) in [5.41, 5.74) is 1.61. The van der Waals surface area contributed by atoms with Crippen LogP contribution in [0.25, 0.3) is 0 Å². The Morgan fingerprint density at radius 3 is 2.84 bits per heavy atom. The number of hydrogen-bond acceptors (Lipinski definition) is 4. The number of halogens is 1. The summed E-state index contributed by atoms with van der Waals surface area (Å²) in [5, 5.41) is 9.68. The highest BCUT2D eigenvalue weighted by Crippen LogP contribution is 2.37. The Bertz CT molecular complexity index is 607. The molecule has 0 N–H and O–H groups in total. The lowest BCUT2D eigenvalue weighted by Crippen LogP contribution is -2.33. The van der Waals surface area contributed by atoms with E-state index in [2.05, 4.69) is 4.74 Å². The molecule has 0 saturated carbocycles. The third-order valence-corrected chi connectivity index (χ3v) is 3.57. The maximum Gasteiger partial charge on any atom is 0.325 e. The van der Waals surface area contributed by atoms with Gasteiger partial charge >= 0.3 is 5.97 Å². The molecule has 5 nitrogen and oxygen atoms in total. The number of methoxy groups -OCH3 is 1. The number of rotatable bonds is 2. The standard InChI is InChI=1S/C13H11ClN2O3/c1-7-9(14)4-3-8-10(5-15)16(6-11(17)19-2)13(18)12(7)8/h3-4,10H,6H2,1-2H3. The zero-order valence-electron chi connectivity index (χ0n) is 10.4. The van der Waals surface area contributed by atoms with E-state index in [1.807, 2.05) is 6.07 Å². The van der Waals surface area contributed by atoms with E-state index in [0.717, 1.165) is 0 Å². The fourth-order valence-corrected chi connectivity index (χ4v) is 2.31. The van der Waals surface area contributed by atoms with Gasteiger partial charge in [0.2, 0.25) is 0 Å². The van der Waals surface area contributed by atoms with Gasteiger partial charge in [-0.25, -0.2) is 0 Å². The van der Waals surface area contributed by atoms with Crippen molar-refractivity contribution in [2.75, 3.05) is 13.7 Å². The third kappa shape index (κ3) is 2.04. The molecule has 0 spiro atoms. The summed E-state index contributed by atoms with van der Waals surface area (Å²) in [6.07, 6.45) is 0. The second-order valence-electron chi connectivity index (χ2n) is 4.18. The summed E-state index contributed by atoms with van der Waals surface area (Å²) >= 11 is 5.98. The van der Waals surface area contributed by atoms with Crippen LogP contribution in [0.4, 0.5) is 0 Å². The second kappa shape index (κ2) is 4.90. The lowest BCUT2D eigenvalue weighted by Gasteiger charge is -2.18. The maximum atomic E-state index is 12.3. The molecule has 1 amide bonds. The SMILES string of the molecule is COC(=O)CN1C(=O)c2c(ccc(Cl)c2C)C1C#N. The van der Waals surface area contributed by atoms with Crippen molar-refractivity contribution in [3.8, 4) is 6.07 Å². The zero-order valence-corrected chi connectivity index (χ0v) is 11.2. The molecule has 19 heavy (non-hydrogen) atoms. The number of benzene rings is 1. The summed E-state index contributed by atoms with van der Waals surface area (Å²) < 4.78 is 4.54. The molecular weight excluding hydrogens is 268 g/mol. The van der Waals surface area contributed by atoms with Gasteiger partial charge in [-0.15, -0.1) is 0 Å². The molecule has 98 valence electrons. The second-order valence-corrected chi connectivity index (χ2v) is 4.58. The van der Waals surface area contributed by atoms with E-state index < -0.39 is 12.0 Å². The topological polar surface area (TPSA) is 70.4 Å². The number of nitrogens with zero attached hydrogens (tertiary/aromatic N) is 2. The highest BCUT2D eigenvalue weighted by atomic mass is 35.5. The van der Waals surface area contributed by atoms with Gasteiger partial charge in [0, 0.05) is 10.6 Å². The van der Waals surface area contributed by atoms with Crippen molar-refractivity contribution in [3.63, 3.8) is 0 Å². The summed E-state index contributed by atoms with van der Waals surface area (Å²) in [4.78, 5) is 24.8. The van der Waals surface area contributed by atoms with Gasteiger partial charge in [-0.3, -0.25) is 9.59 Å². The third-order valence-electron chi connectivity index (χ3n) is 3.16. The van der Waals surface area contributed by atoms with Gasteiger partial charge in [0.25, 0.3) is 5.91 Å². The molecule has 1 aliphatic rings. The molecule has 1 aromatic rings. The molecule has 1 atom stereocenters. The molecule has 0 saturated heterocycles. The summed E-state index contributed by atoms with van der Waals surface area (Å²) in [6, 6.07) is 4.55. The van der Waals surface area contributed by atoms with Crippen LogP contribution in [0.3, 0.4) is 0 Å². The van der Waals surface area contributed by atoms with Crippen LogP contribution in [0.1, 0.15) is 27.5 Å². The van der Waals surface area contributed by atoms with Gasteiger partial charge < -0.3 is 9.64 Å². The van der Waals surface area contributed by atoms with Crippen molar-refractivity contribution in [1.82, 2.24) is 4.90 Å². The number of fused-ring (bicyclic) bond motifs is 1. The number of hydrogen-bond donors (Lipinski definition) is 0. The Morgan fingerprint density at radius 1 is 1.58 bits per heavy atom. The Morgan fingerprint density at radius 2 is 2.26 bits per heavy atom. The van der Waals surface area contributed by atoms with Crippen LogP contribution in [0, 0.1) is 18.3 Å². The largest absolute Gasteiger partial charge is 0.468 e. The van der Waals surface area contributed by atoms with Crippen LogP contribution >= 0.6 is 11.6 Å². The van der Waals surface area contributed by atoms with Gasteiger partial charge in [0.1, 0.15) is 12.6 Å². The van der Waals surface area contributed by atoms with Crippen LogP contribution in [0.15, 0.2) is 12.1 Å². The fourth-order valence-electron chi connectivity index (χ4n) is 2.15. The maximum absolute atomic E-state index is 12.3. The normalized spacial score (nSPS) is 17.1. The van der Waals surface area contributed by atoms with Gasteiger partial charge in [0.05, 0.1) is 18.7 Å². The molecule has 0 radical (unpaired) electrons. The highest BCUT2D eigenvalue weighted by Gasteiger charge is 2.39. The first-order valence-electron chi connectivity index (χ1n) is 5.57. The Balaban J connectivity index is 2.49. The molecule has 1 aliphatic heterocycles. The van der Waals surface area contributed by atoms with E-state index in [1.54, 1.807) is 19.1 Å². The first-order chi connectivity index (χ1) is 9.01. The Hall–Kier alpha value is -2.06. The number of nitriles is 1. The molecule has 0 fully saturated rings. The van der Waals surface area contributed by atoms with E-state index in [-0.39, 0.29) is 12.5 Å². The summed E-state index contributed by atoms with van der Waals surface area (Å²) in [7, 11) is 1.24. The Kier molecular flexibility index (Phi) is 3.45. The van der Waals surface area contributed by atoms with Gasteiger partial charge in [-0.2, -0.15) is 5.26 Å². The van der Waals surface area contributed by atoms with E-state index in [9.17, 15) is 14.9 Å². The minimum Gasteiger partial charge on any atom is -0.468 e. The lowest BCUT2D eigenvalue weighted by atomic mass is 10.0. The number of ether oxygens (including phenoxy) is 1. The number of esters is 1. The first kappa shape index (κ1) is 13.4. The molecule has 0 aromatic heterocycles. The van der Waals surface area contributed by atoms with Crippen LogP contribution in [-0.4, -0.2) is 30.4 Å². The molecule has 0 bridgehead atoms. The quantitative estimate of drug-likeness (QED) is 0.774. The molecule has 0 aliphatic carbocycles. The molecule has 6 heteroatoms. The minimum absolute atomic E-state index is 0.251. The van der Waals surface area contributed by atoms with E-state index >= 15 is 0 Å². The smallest absolute Gasteiger partial charge is 0.325 e. The Labute approximate surface area is 115 Å². The van der Waals surface area contributed by atoms with Gasteiger partial charge in [-0.1, -0.05) is 17.7 Å². The van der Waals surface area contributed by atoms with Crippen LogP contribution in [0.5, 0.6) is 0 Å². The summed E-state index contributed by atoms with van der Waals surface area (Å²) in [6.45, 7) is 1.47. The number of amides is 1. The summed E-state index contributed by atoms with van der Waals surface area (Å²) in [5.74, 6) is -0.933. The van der Waals surface area contributed by atoms with Crippen molar-refractivity contribution in [2.45, 2.75) is 13.0 Å². The van der Waals surface area contributed by atoms with E-state index in [1.165, 1.54) is 12.0 Å². The van der Waals surface area contributed by atoms with E-state index in [0.29, 0.717) is 21.7 Å². The fraction of sp³-hybridized carbons (Fsp3) is 0.308. The van der Waals surface area contributed by atoms with E-state index in [4.69, 9.17) is 11.6 Å². The van der Waals surface area contributed by atoms with Crippen molar-refractivity contribution < 1.29 is 14.3 Å². The molecular formula is C13H11ClN2O3. The molecule has 2 rings (SSSR count). The average molecular weight is 279 g/mol. The predicted molar refractivity (Wildman–Crippen MR) is 67.6 cm³/mol. The zero-order chi connectivity index (χ0) is 14.2. The van der Waals surface area contributed by atoms with Crippen molar-refractivity contribution >= 4 is 23.5 Å². The monoisotopic (exact) mass is 278 g/mol. The van der Waals surface area contributed by atoms with Crippen LogP contribution in [-0.2, 0) is 9.53 Å². The molecule has 1 unspecified atom stereocenters. The van der Waals surface area contributed by atoms with Gasteiger partial charge in [0.15, 0.2) is 0 Å². The molecule has 1 heterocycles. The number of carbonyl (C=O) groups is 2. The van der Waals surface area contributed by atoms with Gasteiger partial charge in [-0.05, 0) is 18.6 Å². The highest BCUT2D eigenvalue weighted by molar-refractivity contribution is 6.32. The predicted octanol–water partition coefficient (Wildman–Crippen LogP) is 1.84. The van der Waals surface area contributed by atoms with Crippen LogP contribution in [0.2, 0.25) is 5.02 Å². The van der Waals surface area contributed by atoms with Crippen LogP contribution < -0.4 is 0 Å². The van der Waals surface area contributed by atoms with Crippen molar-refractivity contribution in [2.24, 2.45) is 0 Å². The van der Waals surface area contributed by atoms with Crippen molar-refractivity contribution in [3.05, 3.63) is 33.8 Å². The van der Waals surface area contributed by atoms with Crippen molar-refractivity contribution in [1.29, 1.82) is 5.26 Å². The first-order valence-corrected chi connectivity index (χ1v) is 5.95. The molecule has 1 aromatic carbocycles. The average Bonchev–Trinajstić information content (AvgIpc) is 2.67. The lowest BCUT2D eigenvalue weighted by molar-refractivity contribution is -0.141. The number of carbonyl (C=O) groups excluding carboxylic acids is 2.